The Kier molecular flexibility index (Phi) is 10.6. The Bertz CT molecular complexity index is 1370. The summed E-state index contributed by atoms with van der Waals surface area (Å²) in [4.78, 5) is 72.2. The van der Waals surface area contributed by atoms with Gasteiger partial charge >= 0.3 is 11.9 Å². The van der Waals surface area contributed by atoms with Gasteiger partial charge in [-0.1, -0.05) is 32.0 Å². The SMILES string of the molecule is CC(C)C(N)C(=O)NC(Cc1c[nH]c2ccccc12)C(=O)NC(Cc1cnc[nH]1)C(=O)NC(CCC(=O)O)C(=O)O. The largest absolute Gasteiger partial charge is 0.481 e. The van der Waals surface area contributed by atoms with Gasteiger partial charge in [0.1, 0.15) is 18.1 Å². The van der Waals surface area contributed by atoms with Crippen molar-refractivity contribution in [3.63, 3.8) is 0 Å². The van der Waals surface area contributed by atoms with Gasteiger partial charge in [-0.3, -0.25) is 19.2 Å². The second-order valence-electron chi connectivity index (χ2n) is 10.1. The van der Waals surface area contributed by atoms with Gasteiger partial charge in [0.05, 0.1) is 12.4 Å². The summed E-state index contributed by atoms with van der Waals surface area (Å²) >= 11 is 0. The van der Waals surface area contributed by atoms with Crippen LogP contribution in [-0.2, 0) is 36.8 Å². The third-order valence-electron chi connectivity index (χ3n) is 6.63. The first-order valence-corrected chi connectivity index (χ1v) is 13.1. The van der Waals surface area contributed by atoms with Crippen LogP contribution >= 0.6 is 0 Å². The predicted octanol–water partition coefficient (Wildman–Crippen LogP) is 0.0633. The minimum Gasteiger partial charge on any atom is -0.481 e. The number of imidazole rings is 1. The second kappa shape index (κ2) is 14.1. The van der Waals surface area contributed by atoms with Gasteiger partial charge in [-0.15, -0.1) is 0 Å². The molecule has 1 aromatic carbocycles. The zero-order valence-corrected chi connectivity index (χ0v) is 22.7. The maximum atomic E-state index is 13.6. The van der Waals surface area contributed by atoms with E-state index >= 15 is 0 Å². The first-order valence-electron chi connectivity index (χ1n) is 13.1. The number of hydrogen-bond acceptors (Lipinski definition) is 7. The lowest BCUT2D eigenvalue weighted by Gasteiger charge is -2.25. The van der Waals surface area contributed by atoms with E-state index in [1.54, 1.807) is 20.0 Å². The van der Waals surface area contributed by atoms with Crippen molar-refractivity contribution in [3.8, 4) is 0 Å². The third kappa shape index (κ3) is 8.63. The number of aromatic nitrogens is 3. The highest BCUT2D eigenvalue weighted by Crippen LogP contribution is 2.19. The molecule has 0 fully saturated rings. The Balaban J connectivity index is 1.86. The number of amides is 3. The summed E-state index contributed by atoms with van der Waals surface area (Å²) in [5.41, 5.74) is 8.08. The average molecular weight is 570 g/mol. The molecule has 9 N–H and O–H groups in total. The molecular formula is C27H35N7O7. The first-order chi connectivity index (χ1) is 19.5. The summed E-state index contributed by atoms with van der Waals surface area (Å²) in [6.45, 7) is 3.54. The van der Waals surface area contributed by atoms with Crippen molar-refractivity contribution < 1.29 is 34.2 Å². The number of carboxylic acid groups (broad SMARTS) is 2. The van der Waals surface area contributed by atoms with Gasteiger partial charge in [0.15, 0.2) is 0 Å². The molecule has 0 aliphatic heterocycles. The van der Waals surface area contributed by atoms with Crippen LogP contribution in [0.25, 0.3) is 10.9 Å². The molecule has 3 amide bonds. The fourth-order valence-electron chi connectivity index (χ4n) is 4.20. The number of carboxylic acids is 2. The molecule has 14 heteroatoms. The van der Waals surface area contributed by atoms with Gasteiger partial charge in [0.2, 0.25) is 17.7 Å². The zero-order valence-electron chi connectivity index (χ0n) is 22.7. The summed E-state index contributed by atoms with van der Waals surface area (Å²) in [5.74, 6) is -4.93. The van der Waals surface area contributed by atoms with Crippen LogP contribution < -0.4 is 21.7 Å². The molecule has 3 rings (SSSR count). The summed E-state index contributed by atoms with van der Waals surface area (Å²) < 4.78 is 0. The molecule has 0 saturated heterocycles. The first kappa shape index (κ1) is 30.8. The molecule has 2 heterocycles. The van der Waals surface area contributed by atoms with Gasteiger partial charge in [0, 0.05) is 48.3 Å². The van der Waals surface area contributed by atoms with Crippen molar-refractivity contribution in [3.05, 3.63) is 54.2 Å². The molecule has 14 nitrogen and oxygen atoms in total. The number of hydrogen-bond donors (Lipinski definition) is 8. The van der Waals surface area contributed by atoms with Crippen molar-refractivity contribution in [2.24, 2.45) is 11.7 Å². The fourth-order valence-corrected chi connectivity index (χ4v) is 4.20. The van der Waals surface area contributed by atoms with E-state index in [4.69, 9.17) is 10.8 Å². The van der Waals surface area contributed by atoms with Gasteiger partial charge in [-0.2, -0.15) is 0 Å². The van der Waals surface area contributed by atoms with E-state index in [1.165, 1.54) is 12.5 Å². The Morgan fingerprint density at radius 3 is 2.15 bits per heavy atom. The maximum absolute atomic E-state index is 13.6. The Labute approximate surface area is 235 Å². The van der Waals surface area contributed by atoms with Crippen molar-refractivity contribution in [2.75, 3.05) is 0 Å². The summed E-state index contributed by atoms with van der Waals surface area (Å²) in [7, 11) is 0. The molecule has 4 unspecified atom stereocenters. The predicted molar refractivity (Wildman–Crippen MR) is 147 cm³/mol. The van der Waals surface area contributed by atoms with E-state index in [0.717, 1.165) is 16.5 Å². The molecule has 0 aliphatic carbocycles. The monoisotopic (exact) mass is 569 g/mol. The molecule has 2 aromatic heterocycles. The smallest absolute Gasteiger partial charge is 0.326 e. The zero-order chi connectivity index (χ0) is 30.1. The number of para-hydroxylation sites is 1. The number of H-pyrrole nitrogens is 2. The fraction of sp³-hybridized carbons (Fsp3) is 0.407. The molecule has 0 bridgehead atoms. The normalized spacial score (nSPS) is 14.1. The maximum Gasteiger partial charge on any atom is 0.326 e. The molecule has 41 heavy (non-hydrogen) atoms. The van der Waals surface area contributed by atoms with E-state index < -0.39 is 60.2 Å². The minimum absolute atomic E-state index is 0.0706. The Morgan fingerprint density at radius 2 is 1.54 bits per heavy atom. The van der Waals surface area contributed by atoms with E-state index in [9.17, 15) is 29.1 Å². The van der Waals surface area contributed by atoms with E-state index in [0.29, 0.717) is 5.69 Å². The van der Waals surface area contributed by atoms with E-state index in [-0.39, 0.29) is 25.2 Å². The van der Waals surface area contributed by atoms with Crippen LogP contribution in [0.4, 0.5) is 0 Å². The molecule has 3 aromatic rings. The van der Waals surface area contributed by atoms with Crippen LogP contribution in [0.5, 0.6) is 0 Å². The average Bonchev–Trinajstić information content (AvgIpc) is 3.59. The number of nitrogens with one attached hydrogen (secondary N) is 5. The van der Waals surface area contributed by atoms with Gasteiger partial charge in [-0.25, -0.2) is 9.78 Å². The summed E-state index contributed by atoms with van der Waals surface area (Å²) in [6, 6.07) is 2.64. The molecular weight excluding hydrogens is 534 g/mol. The highest BCUT2D eigenvalue weighted by Gasteiger charge is 2.32. The lowest BCUT2D eigenvalue weighted by atomic mass is 10.0. The van der Waals surface area contributed by atoms with Crippen molar-refractivity contribution >= 4 is 40.6 Å². The number of nitrogens with zero attached hydrogens (tertiary/aromatic N) is 1. The summed E-state index contributed by atoms with van der Waals surface area (Å²) in [5, 5.41) is 26.9. The van der Waals surface area contributed by atoms with Crippen molar-refractivity contribution in [1.29, 1.82) is 0 Å². The van der Waals surface area contributed by atoms with Gasteiger partial charge in [-0.05, 0) is 24.0 Å². The number of fused-ring (bicyclic) bond motifs is 1. The Hall–Kier alpha value is -4.72. The third-order valence-corrected chi connectivity index (χ3v) is 6.63. The van der Waals surface area contributed by atoms with Crippen molar-refractivity contribution in [2.45, 2.75) is 63.7 Å². The van der Waals surface area contributed by atoms with Crippen LogP contribution in [0.1, 0.15) is 37.9 Å². The van der Waals surface area contributed by atoms with Crippen molar-refractivity contribution in [1.82, 2.24) is 30.9 Å². The van der Waals surface area contributed by atoms with Crippen LogP contribution in [0.2, 0.25) is 0 Å². The standard InChI is InChI=1S/C27H35N7O7/c1-14(2)23(28)26(39)34-20(9-15-11-30-18-6-4-3-5-17(15)18)24(37)33-21(10-16-12-29-13-31-16)25(38)32-19(27(40)41)7-8-22(35)36/h3-6,11-14,19-21,23,30H,7-10,28H2,1-2H3,(H,29,31)(H,32,38)(H,33,37)(H,34,39)(H,35,36)(H,40,41). The topological polar surface area (TPSA) is 232 Å². The van der Waals surface area contributed by atoms with Crippen LogP contribution in [0.15, 0.2) is 43.0 Å². The molecule has 0 radical (unpaired) electrons. The molecule has 0 spiro atoms. The van der Waals surface area contributed by atoms with Crippen LogP contribution in [0, 0.1) is 5.92 Å². The molecule has 4 atom stereocenters. The van der Waals surface area contributed by atoms with E-state index in [2.05, 4.69) is 30.9 Å². The van der Waals surface area contributed by atoms with E-state index in [1.807, 2.05) is 24.3 Å². The number of carbonyl (C=O) groups is 5. The highest BCUT2D eigenvalue weighted by molar-refractivity contribution is 5.95. The highest BCUT2D eigenvalue weighted by atomic mass is 16.4. The minimum atomic E-state index is -1.49. The number of carbonyl (C=O) groups excluding carboxylic acids is 3. The second-order valence-corrected chi connectivity index (χ2v) is 10.1. The van der Waals surface area contributed by atoms with Crippen LogP contribution in [0.3, 0.4) is 0 Å². The molecule has 0 aliphatic rings. The lowest BCUT2D eigenvalue weighted by molar-refractivity contribution is -0.143. The number of benzene rings is 1. The molecule has 0 saturated carbocycles. The quantitative estimate of drug-likeness (QED) is 0.123. The van der Waals surface area contributed by atoms with Gasteiger partial charge in [0.25, 0.3) is 0 Å². The number of nitrogens with two attached hydrogens (primary N) is 1. The summed E-state index contributed by atoms with van der Waals surface area (Å²) in [6.07, 6.45) is 3.71. The Morgan fingerprint density at radius 1 is 0.902 bits per heavy atom. The van der Waals surface area contributed by atoms with Gasteiger partial charge < -0.3 is 41.9 Å². The lowest BCUT2D eigenvalue weighted by Crippen LogP contribution is -2.58. The number of aliphatic carboxylic acids is 2. The van der Waals surface area contributed by atoms with Crippen LogP contribution in [-0.4, -0.2) is 79.0 Å². The number of rotatable bonds is 15. The molecule has 220 valence electrons. The number of aromatic amines is 2.